The van der Waals surface area contributed by atoms with Gasteiger partial charge in [-0.3, -0.25) is 0 Å². The first-order valence-electron chi connectivity index (χ1n) is 17.4. The van der Waals surface area contributed by atoms with Gasteiger partial charge in [0.2, 0.25) is 0 Å². The largest absolute Gasteiger partial charge is 0.460 e. The summed E-state index contributed by atoms with van der Waals surface area (Å²) in [5.74, 6) is 1.25. The van der Waals surface area contributed by atoms with Crippen LogP contribution in [0.1, 0.15) is 65.7 Å². The Hall–Kier alpha value is -6.56. The summed E-state index contributed by atoms with van der Waals surface area (Å²) in [5.41, 5.74) is 11.8. The van der Waals surface area contributed by atoms with Crippen LogP contribution in [0.15, 0.2) is 130 Å². The van der Waals surface area contributed by atoms with Crippen LogP contribution in [0.3, 0.4) is 0 Å². The highest BCUT2D eigenvalue weighted by molar-refractivity contribution is 6.12. The Labute approximate surface area is 295 Å². The average molecular weight is 658 g/mol. The number of furan rings is 2. The third-order valence-corrected chi connectivity index (χ3v) is 11.2. The molecule has 0 N–H and O–H groups in total. The molecule has 1 aliphatic heterocycles. The zero-order chi connectivity index (χ0) is 34.4. The molecule has 5 nitrogen and oxygen atoms in total. The van der Waals surface area contributed by atoms with Crippen LogP contribution >= 0.6 is 0 Å². The van der Waals surface area contributed by atoms with Crippen molar-refractivity contribution in [3.63, 3.8) is 0 Å². The fourth-order valence-electron chi connectivity index (χ4n) is 8.83. The molecule has 0 fully saturated rings. The molecule has 3 atom stereocenters. The SMILES string of the molecule is CC1CC(c2cccc(C#N)c2N2c3ccccc3C3C=CC=CC32C)=Cc2c1oc1cc3oc4ccc(-c5ccccc5C#N)cc4c3cc21. The van der Waals surface area contributed by atoms with Crippen LogP contribution in [0.2, 0.25) is 0 Å². The lowest BCUT2D eigenvalue weighted by Crippen LogP contribution is -2.42. The summed E-state index contributed by atoms with van der Waals surface area (Å²) in [6.07, 6.45) is 11.9. The zero-order valence-electron chi connectivity index (χ0n) is 28.1. The van der Waals surface area contributed by atoms with Gasteiger partial charge in [0.15, 0.2) is 0 Å². The molecule has 0 saturated carbocycles. The number of nitriles is 2. The lowest BCUT2D eigenvalue weighted by molar-refractivity contribution is 0.506. The van der Waals surface area contributed by atoms with Crippen LogP contribution in [0.4, 0.5) is 11.4 Å². The van der Waals surface area contributed by atoms with Gasteiger partial charge in [0.05, 0.1) is 28.4 Å². The normalized spacial score (nSPS) is 20.2. The maximum atomic E-state index is 10.6. The van der Waals surface area contributed by atoms with Crippen molar-refractivity contribution in [3.05, 3.63) is 155 Å². The molecule has 0 bridgehead atoms. The quantitative estimate of drug-likeness (QED) is 0.189. The molecule has 2 aromatic heterocycles. The molecule has 3 unspecified atom stereocenters. The molecule has 5 heteroatoms. The van der Waals surface area contributed by atoms with E-state index in [2.05, 4.69) is 104 Å². The molecule has 242 valence electrons. The zero-order valence-corrected chi connectivity index (χ0v) is 28.1. The minimum atomic E-state index is -0.366. The fraction of sp³-hybridized carbons (Fsp3) is 0.130. The molecule has 2 aliphatic carbocycles. The molecule has 7 aromatic rings. The highest BCUT2D eigenvalue weighted by atomic mass is 16.3. The smallest absolute Gasteiger partial charge is 0.139 e. The van der Waals surface area contributed by atoms with E-state index in [1.54, 1.807) is 0 Å². The van der Waals surface area contributed by atoms with E-state index in [1.807, 2.05) is 54.6 Å². The number of para-hydroxylation sites is 2. The van der Waals surface area contributed by atoms with Gasteiger partial charge in [-0.15, -0.1) is 0 Å². The number of fused-ring (bicyclic) bond motifs is 9. The number of rotatable bonds is 3. The molecule has 10 rings (SSSR count). The molecule has 0 amide bonds. The maximum absolute atomic E-state index is 10.6. The number of anilines is 2. The molecule has 51 heavy (non-hydrogen) atoms. The van der Waals surface area contributed by atoms with E-state index in [0.29, 0.717) is 11.1 Å². The predicted molar refractivity (Wildman–Crippen MR) is 204 cm³/mol. The van der Waals surface area contributed by atoms with Gasteiger partial charge in [-0.05, 0) is 78.1 Å². The van der Waals surface area contributed by atoms with Gasteiger partial charge in [0.1, 0.15) is 28.6 Å². The van der Waals surface area contributed by atoms with E-state index in [4.69, 9.17) is 8.83 Å². The molecular weight excluding hydrogens is 627 g/mol. The Morgan fingerprint density at radius 1 is 0.745 bits per heavy atom. The minimum Gasteiger partial charge on any atom is -0.460 e. The molecule has 3 aliphatic rings. The van der Waals surface area contributed by atoms with Gasteiger partial charge < -0.3 is 13.7 Å². The first-order valence-corrected chi connectivity index (χ1v) is 17.4. The first-order chi connectivity index (χ1) is 25.0. The Morgan fingerprint density at radius 3 is 2.39 bits per heavy atom. The molecule has 0 radical (unpaired) electrons. The molecular formula is C46H31N3O2. The summed E-state index contributed by atoms with van der Waals surface area (Å²) in [7, 11) is 0. The lowest BCUT2D eigenvalue weighted by atomic mass is 9.79. The minimum absolute atomic E-state index is 0.120. The van der Waals surface area contributed by atoms with E-state index < -0.39 is 0 Å². The number of hydrogen-bond donors (Lipinski definition) is 0. The average Bonchev–Trinajstić information content (AvgIpc) is 3.80. The topological polar surface area (TPSA) is 77.1 Å². The van der Waals surface area contributed by atoms with Gasteiger partial charge in [0, 0.05) is 50.9 Å². The number of nitrogens with zero attached hydrogens (tertiary/aromatic N) is 3. The Morgan fingerprint density at radius 2 is 1.51 bits per heavy atom. The standard InChI is InChI=1S/C46H31N3O2/c1-27-20-31(33-14-9-11-30(26-48)44(33)49-40-16-6-5-13-34(40)39-15-7-8-19-46(39,49)2)22-38-37-23-36-35-21-28(32-12-4-3-10-29(32)25-47)17-18-41(35)50-42(36)24-43(37)51-45(27)38/h3-19,21-24,27,39H,20H2,1-2H3. The number of hydrogen-bond acceptors (Lipinski definition) is 5. The van der Waals surface area contributed by atoms with Crippen molar-refractivity contribution in [3.8, 4) is 23.3 Å². The summed E-state index contributed by atoms with van der Waals surface area (Å²) in [6, 6.07) is 37.6. The summed E-state index contributed by atoms with van der Waals surface area (Å²) in [5, 5.41) is 23.4. The van der Waals surface area contributed by atoms with Crippen molar-refractivity contribution in [2.24, 2.45) is 0 Å². The molecule has 3 heterocycles. The van der Waals surface area contributed by atoms with Crippen molar-refractivity contribution in [2.45, 2.75) is 37.6 Å². The Balaban J connectivity index is 1.16. The highest BCUT2D eigenvalue weighted by Crippen LogP contribution is 2.56. The molecule has 0 saturated heterocycles. The van der Waals surface area contributed by atoms with E-state index in [-0.39, 0.29) is 17.4 Å². The van der Waals surface area contributed by atoms with Gasteiger partial charge in [-0.25, -0.2) is 0 Å². The van der Waals surface area contributed by atoms with Crippen molar-refractivity contribution in [2.75, 3.05) is 4.90 Å². The third-order valence-electron chi connectivity index (χ3n) is 11.2. The fourth-order valence-corrected chi connectivity index (χ4v) is 8.83. The van der Waals surface area contributed by atoms with Crippen LogP contribution in [-0.2, 0) is 0 Å². The van der Waals surface area contributed by atoms with Crippen molar-refractivity contribution in [1.82, 2.24) is 0 Å². The van der Waals surface area contributed by atoms with Gasteiger partial charge in [-0.1, -0.05) is 85.8 Å². The summed E-state index contributed by atoms with van der Waals surface area (Å²) < 4.78 is 13.0. The second-order valence-corrected chi connectivity index (χ2v) is 14.1. The van der Waals surface area contributed by atoms with Gasteiger partial charge in [-0.2, -0.15) is 10.5 Å². The van der Waals surface area contributed by atoms with Crippen LogP contribution in [0, 0.1) is 22.7 Å². The second kappa shape index (κ2) is 10.7. The summed E-state index contributed by atoms with van der Waals surface area (Å²) in [6.45, 7) is 4.50. The van der Waals surface area contributed by atoms with Crippen LogP contribution in [0.5, 0.6) is 0 Å². The van der Waals surface area contributed by atoms with Crippen LogP contribution in [0.25, 0.3) is 55.7 Å². The van der Waals surface area contributed by atoms with E-state index >= 15 is 0 Å². The summed E-state index contributed by atoms with van der Waals surface area (Å²) in [4.78, 5) is 2.40. The van der Waals surface area contributed by atoms with E-state index in [9.17, 15) is 10.5 Å². The van der Waals surface area contributed by atoms with E-state index in [0.717, 1.165) is 78.7 Å². The lowest BCUT2D eigenvalue weighted by Gasteiger charge is -2.41. The van der Waals surface area contributed by atoms with Crippen LogP contribution in [-0.4, -0.2) is 5.54 Å². The first kappa shape index (κ1) is 29.4. The summed E-state index contributed by atoms with van der Waals surface area (Å²) >= 11 is 0. The maximum Gasteiger partial charge on any atom is 0.139 e. The third kappa shape index (κ3) is 4.13. The van der Waals surface area contributed by atoms with Crippen molar-refractivity contribution in [1.29, 1.82) is 10.5 Å². The number of benzene rings is 5. The predicted octanol–water partition coefficient (Wildman–Crippen LogP) is 11.9. The molecule has 0 spiro atoms. The monoisotopic (exact) mass is 657 g/mol. The molecule has 5 aromatic carbocycles. The van der Waals surface area contributed by atoms with Gasteiger partial charge in [0.25, 0.3) is 0 Å². The highest BCUT2D eigenvalue weighted by Gasteiger charge is 2.48. The number of allylic oxidation sites excluding steroid dienone is 3. The van der Waals surface area contributed by atoms with E-state index in [1.165, 1.54) is 11.1 Å². The van der Waals surface area contributed by atoms with Crippen molar-refractivity contribution < 1.29 is 8.83 Å². The Kier molecular flexibility index (Phi) is 6.17. The van der Waals surface area contributed by atoms with Crippen LogP contribution < -0.4 is 4.90 Å². The van der Waals surface area contributed by atoms with Gasteiger partial charge >= 0.3 is 0 Å². The van der Waals surface area contributed by atoms with Crippen molar-refractivity contribution >= 4 is 55.9 Å². The second-order valence-electron chi connectivity index (χ2n) is 14.1. The Bertz CT molecular complexity index is 2810.